The summed E-state index contributed by atoms with van der Waals surface area (Å²) < 4.78 is 28.8. The van der Waals surface area contributed by atoms with Gasteiger partial charge >= 0.3 is 0 Å². The molecule has 0 heterocycles. The highest BCUT2D eigenvalue weighted by atomic mass is 31.1. The van der Waals surface area contributed by atoms with Gasteiger partial charge in [-0.2, -0.15) is 0 Å². The molecule has 0 fully saturated rings. The average Bonchev–Trinajstić information content (AvgIpc) is 2.97. The van der Waals surface area contributed by atoms with Gasteiger partial charge in [-0.1, -0.05) is 40.9 Å². The molecule has 0 aliphatic heterocycles. The number of ether oxygens (including phenoxy) is 3. The summed E-state index contributed by atoms with van der Waals surface area (Å²) in [5.41, 5.74) is 2.07. The zero-order chi connectivity index (χ0) is 31.0. The molecule has 4 rings (SSSR count). The lowest BCUT2D eigenvalue weighted by Gasteiger charge is -2.13. The quantitative estimate of drug-likeness (QED) is 0.205. The first kappa shape index (κ1) is 32.5. The topological polar surface area (TPSA) is 102 Å². The molecule has 0 radical (unpaired) electrons. The van der Waals surface area contributed by atoms with Gasteiger partial charge in [-0.05, 0) is 73.8 Å². The van der Waals surface area contributed by atoms with Crippen LogP contribution in [0.3, 0.4) is 0 Å². The molecule has 0 bridgehead atoms. The molecule has 0 aromatic heterocycles. The smallest absolute Gasteiger partial charge is 0.165 e. The predicted molar refractivity (Wildman–Crippen MR) is 169 cm³/mol. The van der Waals surface area contributed by atoms with E-state index < -0.39 is 5.82 Å². The number of methoxy groups -OCH3 is 3. The van der Waals surface area contributed by atoms with E-state index in [9.17, 15) is 24.2 Å². The van der Waals surface area contributed by atoms with Crippen LogP contribution in [0.2, 0.25) is 0 Å². The lowest BCUT2D eigenvalue weighted by Crippen LogP contribution is -2.13. The minimum absolute atomic E-state index is 0.0135. The Morgan fingerprint density at radius 2 is 1.24 bits per heavy atom. The SMILES string of the molecule is COc1cc(OC)c(O)c(Pc2ccc(F)cc2C(C)=O)c1.COc1ccc(O)c(Pc2ccc(C)cc2C(C)=O)c1. The van der Waals surface area contributed by atoms with Gasteiger partial charge in [0.15, 0.2) is 23.1 Å². The molecule has 2 N–H and O–H groups in total. The number of aromatic hydroxyl groups is 2. The fraction of sp³-hybridized carbons (Fsp3) is 0.188. The van der Waals surface area contributed by atoms with E-state index in [0.29, 0.717) is 33.2 Å². The fourth-order valence-corrected chi connectivity index (χ4v) is 6.52. The van der Waals surface area contributed by atoms with Gasteiger partial charge in [0.1, 0.15) is 23.1 Å². The minimum atomic E-state index is -0.466. The van der Waals surface area contributed by atoms with Crippen molar-refractivity contribution >= 4 is 49.9 Å². The highest BCUT2D eigenvalue weighted by molar-refractivity contribution is 7.56. The third-order valence-electron chi connectivity index (χ3n) is 6.16. The Hall–Kier alpha value is -3.99. The van der Waals surface area contributed by atoms with Crippen LogP contribution in [0.15, 0.2) is 66.7 Å². The first-order chi connectivity index (χ1) is 20.0. The first-order valence-corrected chi connectivity index (χ1v) is 14.8. The highest BCUT2D eigenvalue weighted by Crippen LogP contribution is 2.33. The Labute approximate surface area is 248 Å². The molecule has 4 aromatic carbocycles. The lowest BCUT2D eigenvalue weighted by molar-refractivity contribution is 0.101. The number of halogens is 1. The summed E-state index contributed by atoms with van der Waals surface area (Å²) in [5.74, 6) is 1.07. The minimum Gasteiger partial charge on any atom is -0.507 e. The number of aryl methyl sites for hydroxylation is 1. The number of hydrogen-bond acceptors (Lipinski definition) is 7. The molecule has 10 heteroatoms. The van der Waals surface area contributed by atoms with Crippen molar-refractivity contribution in [2.45, 2.75) is 20.8 Å². The maximum atomic E-state index is 13.3. The van der Waals surface area contributed by atoms with Gasteiger partial charge in [-0.15, -0.1) is 0 Å². The summed E-state index contributed by atoms with van der Waals surface area (Å²) in [6, 6.07) is 18.2. The van der Waals surface area contributed by atoms with Crippen LogP contribution in [0.1, 0.15) is 40.1 Å². The van der Waals surface area contributed by atoms with Crippen LogP contribution in [-0.2, 0) is 0 Å². The van der Waals surface area contributed by atoms with E-state index in [1.165, 1.54) is 33.3 Å². The molecule has 0 aliphatic carbocycles. The summed E-state index contributed by atoms with van der Waals surface area (Å²) in [4.78, 5) is 23.4. The first-order valence-electron chi connectivity index (χ1n) is 12.8. The average molecular weight is 611 g/mol. The van der Waals surface area contributed by atoms with Crippen LogP contribution in [0.4, 0.5) is 4.39 Å². The lowest BCUT2D eigenvalue weighted by atomic mass is 10.1. The van der Waals surface area contributed by atoms with E-state index in [1.54, 1.807) is 50.4 Å². The van der Waals surface area contributed by atoms with Crippen LogP contribution < -0.4 is 35.4 Å². The third-order valence-corrected chi connectivity index (χ3v) is 8.89. The zero-order valence-electron chi connectivity index (χ0n) is 24.2. The largest absolute Gasteiger partial charge is 0.507 e. The van der Waals surface area contributed by atoms with E-state index in [2.05, 4.69) is 0 Å². The molecule has 2 atom stereocenters. The highest BCUT2D eigenvalue weighted by Gasteiger charge is 2.16. The van der Waals surface area contributed by atoms with Gasteiger partial charge in [-0.25, -0.2) is 4.39 Å². The molecule has 2 unspecified atom stereocenters. The second-order valence-electron chi connectivity index (χ2n) is 9.21. The maximum Gasteiger partial charge on any atom is 0.165 e. The van der Waals surface area contributed by atoms with Crippen molar-refractivity contribution < 1.29 is 38.4 Å². The van der Waals surface area contributed by atoms with Gasteiger partial charge in [-0.3, -0.25) is 9.59 Å². The number of ketones is 2. The van der Waals surface area contributed by atoms with Crippen LogP contribution >= 0.6 is 17.2 Å². The fourth-order valence-electron chi connectivity index (χ4n) is 3.96. The van der Waals surface area contributed by atoms with Gasteiger partial charge in [0.05, 0.1) is 21.3 Å². The van der Waals surface area contributed by atoms with Crippen molar-refractivity contribution in [3.63, 3.8) is 0 Å². The number of benzene rings is 4. The van der Waals surface area contributed by atoms with E-state index in [4.69, 9.17) is 14.2 Å². The van der Waals surface area contributed by atoms with Crippen molar-refractivity contribution in [2.75, 3.05) is 21.3 Å². The Morgan fingerprint density at radius 3 is 1.83 bits per heavy atom. The van der Waals surface area contributed by atoms with Crippen molar-refractivity contribution in [1.82, 2.24) is 0 Å². The Balaban J connectivity index is 0.000000231. The van der Waals surface area contributed by atoms with Gasteiger partial charge in [0.2, 0.25) is 0 Å². The van der Waals surface area contributed by atoms with Crippen molar-refractivity contribution in [2.24, 2.45) is 0 Å². The number of hydrogen-bond donors (Lipinski definition) is 2. The normalized spacial score (nSPS) is 10.9. The number of rotatable bonds is 9. The Kier molecular flexibility index (Phi) is 11.4. The molecule has 0 spiro atoms. The number of carbonyl (C=O) groups excluding carboxylic acids is 2. The molecule has 0 saturated heterocycles. The molecule has 220 valence electrons. The number of phenolic OH excluding ortho intramolecular Hbond substituents is 2. The molecular formula is C32H33FO7P2. The molecular weight excluding hydrogens is 577 g/mol. The van der Waals surface area contributed by atoms with Crippen LogP contribution in [0, 0.1) is 12.7 Å². The van der Waals surface area contributed by atoms with Gasteiger partial charge in [0.25, 0.3) is 0 Å². The summed E-state index contributed by atoms with van der Waals surface area (Å²) in [7, 11) is 4.72. The van der Waals surface area contributed by atoms with E-state index >= 15 is 0 Å². The second-order valence-corrected chi connectivity index (χ2v) is 11.9. The number of Topliss-reactive ketones (excluding diaryl/α,β-unsaturated/α-hetero) is 2. The summed E-state index contributed by atoms with van der Waals surface area (Å²) in [6.07, 6.45) is 0. The number of carbonyl (C=O) groups is 2. The molecule has 0 saturated carbocycles. The van der Waals surface area contributed by atoms with E-state index in [-0.39, 0.29) is 46.0 Å². The summed E-state index contributed by atoms with van der Waals surface area (Å²) >= 11 is 0. The second kappa shape index (κ2) is 14.8. The Bertz CT molecular complexity index is 1600. The van der Waals surface area contributed by atoms with Crippen LogP contribution in [0.5, 0.6) is 28.7 Å². The van der Waals surface area contributed by atoms with Crippen LogP contribution in [-0.4, -0.2) is 43.1 Å². The Morgan fingerprint density at radius 1 is 0.667 bits per heavy atom. The maximum absolute atomic E-state index is 13.3. The number of phenols is 2. The predicted octanol–water partition coefficient (Wildman–Crippen LogP) is 4.92. The summed E-state index contributed by atoms with van der Waals surface area (Å²) in [5, 5.41) is 23.1. The molecule has 4 aromatic rings. The van der Waals surface area contributed by atoms with Crippen molar-refractivity contribution in [3.8, 4) is 28.7 Å². The molecule has 42 heavy (non-hydrogen) atoms. The third kappa shape index (κ3) is 8.28. The zero-order valence-corrected chi connectivity index (χ0v) is 26.2. The molecule has 0 amide bonds. The van der Waals surface area contributed by atoms with Crippen molar-refractivity contribution in [3.05, 3.63) is 89.2 Å². The van der Waals surface area contributed by atoms with Gasteiger partial charge < -0.3 is 24.4 Å². The van der Waals surface area contributed by atoms with Crippen molar-refractivity contribution in [1.29, 1.82) is 0 Å². The van der Waals surface area contributed by atoms with Crippen LogP contribution in [0.25, 0.3) is 0 Å². The summed E-state index contributed by atoms with van der Waals surface area (Å²) in [6.45, 7) is 4.91. The van der Waals surface area contributed by atoms with E-state index in [1.807, 2.05) is 25.1 Å². The molecule has 0 aliphatic rings. The molecule has 7 nitrogen and oxygen atoms in total. The standard InChI is InChI=1S/C16H16FO4P.C16H17O3P/c1-9(18)12-6-10(17)4-5-14(12)22-15-8-11(20-2)7-13(21-3)16(15)19;1-10-4-7-15(13(8-10)11(2)17)20-16-9-12(19-3)5-6-14(16)18/h4-8,19,22H,1-3H3;4-9,18,20H,1-3H3. The van der Waals surface area contributed by atoms with Gasteiger partial charge in [0, 0.05) is 27.8 Å². The monoisotopic (exact) mass is 610 g/mol. The van der Waals surface area contributed by atoms with E-state index in [0.717, 1.165) is 16.2 Å².